The Morgan fingerprint density at radius 2 is 2.00 bits per heavy atom. The molecule has 0 bridgehead atoms. The molecule has 1 unspecified atom stereocenters. The molecule has 1 N–H and O–H groups in total. The number of para-hydroxylation sites is 1. The summed E-state index contributed by atoms with van der Waals surface area (Å²) in [7, 11) is 0. The standard InChI is InChI=1S/C20H19N5O/c1-20(2)9-15-17(16(26)10-20)18(25-19(24-15)22-11-23-25)13-7-8-21-14-6-4-3-5-12(13)14/h3-8,11,18H,9-10H2,1-2H3,(H,22,23,24). The molecule has 26 heavy (non-hydrogen) atoms. The molecule has 0 saturated heterocycles. The number of nitrogens with one attached hydrogen (secondary N) is 1. The Bertz CT molecular complexity index is 1070. The Morgan fingerprint density at radius 3 is 2.88 bits per heavy atom. The molecular weight excluding hydrogens is 326 g/mol. The third kappa shape index (κ3) is 2.18. The van der Waals surface area contributed by atoms with Crippen molar-refractivity contribution in [1.29, 1.82) is 0 Å². The molecule has 0 radical (unpaired) electrons. The van der Waals surface area contributed by atoms with Crippen LogP contribution in [0.1, 0.15) is 38.3 Å². The number of hydrogen-bond donors (Lipinski definition) is 1. The number of aromatic nitrogens is 4. The van der Waals surface area contributed by atoms with Gasteiger partial charge in [-0.15, -0.1) is 0 Å². The molecule has 5 rings (SSSR count). The maximum atomic E-state index is 13.1. The van der Waals surface area contributed by atoms with Gasteiger partial charge in [-0.25, -0.2) is 4.68 Å². The lowest BCUT2D eigenvalue weighted by Gasteiger charge is -2.38. The minimum atomic E-state index is -0.278. The molecule has 1 aliphatic carbocycles. The lowest BCUT2D eigenvalue weighted by molar-refractivity contribution is -0.118. The molecule has 1 aliphatic heterocycles. The normalized spacial score (nSPS) is 21.3. The van der Waals surface area contributed by atoms with Crippen LogP contribution in [0.5, 0.6) is 0 Å². The van der Waals surface area contributed by atoms with E-state index in [1.807, 2.05) is 35.0 Å². The molecule has 2 aliphatic rings. The fourth-order valence-electron chi connectivity index (χ4n) is 4.19. The monoisotopic (exact) mass is 345 g/mol. The first kappa shape index (κ1) is 15.3. The van der Waals surface area contributed by atoms with E-state index < -0.39 is 0 Å². The highest BCUT2D eigenvalue weighted by atomic mass is 16.1. The number of fused-ring (bicyclic) bond motifs is 2. The van der Waals surface area contributed by atoms with E-state index in [1.165, 1.54) is 6.33 Å². The van der Waals surface area contributed by atoms with Crippen LogP contribution in [0.15, 0.2) is 54.1 Å². The molecule has 3 heterocycles. The van der Waals surface area contributed by atoms with Crippen molar-refractivity contribution in [3.63, 3.8) is 0 Å². The second kappa shape index (κ2) is 5.24. The van der Waals surface area contributed by atoms with Crippen LogP contribution >= 0.6 is 0 Å². The number of allylic oxidation sites excluding steroid dienone is 2. The predicted octanol–water partition coefficient (Wildman–Crippen LogP) is 3.48. The summed E-state index contributed by atoms with van der Waals surface area (Å²) in [6.07, 6.45) is 4.69. The number of ketones is 1. The minimum Gasteiger partial charge on any atom is -0.328 e. The van der Waals surface area contributed by atoms with Gasteiger partial charge in [-0.2, -0.15) is 10.1 Å². The van der Waals surface area contributed by atoms with E-state index in [1.54, 1.807) is 6.20 Å². The smallest absolute Gasteiger partial charge is 0.226 e. The molecule has 0 amide bonds. The van der Waals surface area contributed by atoms with Gasteiger partial charge in [0.25, 0.3) is 0 Å². The molecule has 6 nitrogen and oxygen atoms in total. The topological polar surface area (TPSA) is 72.7 Å². The zero-order valence-corrected chi connectivity index (χ0v) is 14.7. The van der Waals surface area contributed by atoms with Crippen LogP contribution in [0.4, 0.5) is 5.95 Å². The SMILES string of the molecule is CC1(C)CC(=O)C2=C(C1)Nc1ncnn1C2c1ccnc2ccccc12. The highest BCUT2D eigenvalue weighted by Gasteiger charge is 2.41. The Kier molecular flexibility index (Phi) is 3.07. The molecule has 0 saturated carbocycles. The Morgan fingerprint density at radius 1 is 1.15 bits per heavy atom. The van der Waals surface area contributed by atoms with Crippen molar-refractivity contribution >= 4 is 22.6 Å². The third-order valence-electron chi connectivity index (χ3n) is 5.25. The first-order valence-electron chi connectivity index (χ1n) is 8.80. The summed E-state index contributed by atoms with van der Waals surface area (Å²) < 4.78 is 1.82. The van der Waals surface area contributed by atoms with Crippen LogP contribution in [-0.2, 0) is 4.79 Å². The van der Waals surface area contributed by atoms with Gasteiger partial charge in [0.15, 0.2) is 5.78 Å². The number of carbonyl (C=O) groups excluding carboxylic acids is 1. The summed E-state index contributed by atoms with van der Waals surface area (Å²) in [4.78, 5) is 21.9. The van der Waals surface area contributed by atoms with E-state index in [2.05, 4.69) is 34.2 Å². The van der Waals surface area contributed by atoms with Crippen LogP contribution in [0, 0.1) is 5.41 Å². The van der Waals surface area contributed by atoms with Crippen LogP contribution in [0.2, 0.25) is 0 Å². The van der Waals surface area contributed by atoms with Gasteiger partial charge in [-0.1, -0.05) is 32.0 Å². The van der Waals surface area contributed by atoms with E-state index in [9.17, 15) is 4.79 Å². The summed E-state index contributed by atoms with van der Waals surface area (Å²) in [5, 5.41) is 8.80. The second-order valence-corrected chi connectivity index (χ2v) is 7.81. The quantitative estimate of drug-likeness (QED) is 0.731. The minimum absolute atomic E-state index is 0.0596. The Balaban J connectivity index is 1.79. The Hall–Kier alpha value is -3.02. The van der Waals surface area contributed by atoms with Crippen molar-refractivity contribution in [2.24, 2.45) is 5.41 Å². The Labute approximate surface area is 151 Å². The van der Waals surface area contributed by atoms with Gasteiger partial charge in [0, 0.05) is 29.3 Å². The lowest BCUT2D eigenvalue weighted by atomic mass is 9.73. The van der Waals surface area contributed by atoms with Crippen molar-refractivity contribution in [1.82, 2.24) is 19.7 Å². The number of pyridine rings is 1. The molecule has 130 valence electrons. The zero-order chi connectivity index (χ0) is 17.9. The van der Waals surface area contributed by atoms with Crippen molar-refractivity contribution in [2.45, 2.75) is 32.7 Å². The maximum absolute atomic E-state index is 13.1. The van der Waals surface area contributed by atoms with Crippen molar-refractivity contribution in [3.8, 4) is 0 Å². The van der Waals surface area contributed by atoms with E-state index in [0.29, 0.717) is 12.4 Å². The number of hydrogen-bond acceptors (Lipinski definition) is 5. The summed E-state index contributed by atoms with van der Waals surface area (Å²) in [6.45, 7) is 4.26. The zero-order valence-electron chi connectivity index (χ0n) is 14.7. The van der Waals surface area contributed by atoms with Gasteiger partial charge in [-0.3, -0.25) is 9.78 Å². The summed E-state index contributed by atoms with van der Waals surface area (Å²) in [5.41, 5.74) is 3.66. The number of anilines is 1. The van der Waals surface area contributed by atoms with Gasteiger partial charge in [0.1, 0.15) is 12.4 Å². The molecular formula is C20H19N5O. The molecule has 0 fully saturated rings. The van der Waals surface area contributed by atoms with Crippen LogP contribution < -0.4 is 5.32 Å². The lowest BCUT2D eigenvalue weighted by Crippen LogP contribution is -2.36. The summed E-state index contributed by atoms with van der Waals surface area (Å²) in [6, 6.07) is 9.72. The third-order valence-corrected chi connectivity index (χ3v) is 5.25. The first-order chi connectivity index (χ1) is 12.5. The molecule has 6 heteroatoms. The largest absolute Gasteiger partial charge is 0.328 e. The van der Waals surface area contributed by atoms with Crippen LogP contribution in [0.3, 0.4) is 0 Å². The number of rotatable bonds is 1. The van der Waals surface area contributed by atoms with Crippen LogP contribution in [-0.4, -0.2) is 25.5 Å². The molecule has 1 atom stereocenters. The van der Waals surface area contributed by atoms with Gasteiger partial charge >= 0.3 is 0 Å². The number of carbonyl (C=O) groups is 1. The molecule has 2 aromatic heterocycles. The highest BCUT2D eigenvalue weighted by Crippen LogP contribution is 2.45. The van der Waals surface area contributed by atoms with Gasteiger partial charge in [-0.05, 0) is 29.5 Å². The van der Waals surface area contributed by atoms with Crippen molar-refractivity contribution in [2.75, 3.05) is 5.32 Å². The average molecular weight is 345 g/mol. The van der Waals surface area contributed by atoms with Crippen molar-refractivity contribution in [3.05, 3.63) is 59.7 Å². The van der Waals surface area contributed by atoms with Crippen molar-refractivity contribution < 1.29 is 4.79 Å². The number of Topliss-reactive ketones (excluding diaryl/α,β-unsaturated/α-hetero) is 1. The fourth-order valence-corrected chi connectivity index (χ4v) is 4.19. The van der Waals surface area contributed by atoms with E-state index in [4.69, 9.17) is 0 Å². The van der Waals surface area contributed by atoms with E-state index >= 15 is 0 Å². The highest BCUT2D eigenvalue weighted by molar-refractivity contribution is 6.01. The average Bonchev–Trinajstić information content (AvgIpc) is 3.06. The number of benzene rings is 1. The summed E-state index contributed by atoms with van der Waals surface area (Å²) in [5.74, 6) is 0.857. The number of nitrogens with zero attached hydrogens (tertiary/aromatic N) is 4. The van der Waals surface area contributed by atoms with Gasteiger partial charge in [0.05, 0.1) is 5.52 Å². The first-order valence-corrected chi connectivity index (χ1v) is 8.80. The van der Waals surface area contributed by atoms with Crippen LogP contribution in [0.25, 0.3) is 10.9 Å². The van der Waals surface area contributed by atoms with E-state index in [0.717, 1.165) is 34.2 Å². The summed E-state index contributed by atoms with van der Waals surface area (Å²) >= 11 is 0. The van der Waals surface area contributed by atoms with E-state index in [-0.39, 0.29) is 17.2 Å². The molecule has 3 aromatic rings. The second-order valence-electron chi connectivity index (χ2n) is 7.81. The molecule has 0 spiro atoms. The molecule has 1 aromatic carbocycles. The predicted molar refractivity (Wildman–Crippen MR) is 98.6 cm³/mol. The van der Waals surface area contributed by atoms with Gasteiger partial charge in [0.2, 0.25) is 5.95 Å². The van der Waals surface area contributed by atoms with Gasteiger partial charge < -0.3 is 5.32 Å². The maximum Gasteiger partial charge on any atom is 0.226 e. The fraction of sp³-hybridized carbons (Fsp3) is 0.300.